The molecule has 2 rings (SSSR count). The fraction of sp³-hybridized carbons (Fsp3) is 0.923. The Kier molecular flexibility index (Phi) is 4.59. The molecule has 0 aromatic carbocycles. The maximum atomic E-state index is 12.3. The van der Waals surface area contributed by atoms with Crippen LogP contribution in [0.3, 0.4) is 0 Å². The minimum atomic E-state index is 0.0712. The van der Waals surface area contributed by atoms with E-state index in [-0.39, 0.29) is 36.2 Å². The van der Waals surface area contributed by atoms with Crippen LogP contribution in [0.5, 0.6) is 0 Å². The van der Waals surface area contributed by atoms with E-state index in [0.29, 0.717) is 0 Å². The maximum Gasteiger partial charge on any atom is 0.223 e. The summed E-state index contributed by atoms with van der Waals surface area (Å²) in [5.41, 5.74) is 0. The molecule has 0 radical (unpaired) electrons. The van der Waals surface area contributed by atoms with Gasteiger partial charge in [0.05, 0.1) is 24.4 Å². The van der Waals surface area contributed by atoms with Gasteiger partial charge in [-0.2, -0.15) is 0 Å². The van der Waals surface area contributed by atoms with E-state index in [1.807, 2.05) is 13.8 Å². The molecule has 2 heterocycles. The zero-order valence-electron chi connectivity index (χ0n) is 11.4. The molecule has 0 saturated carbocycles. The molecule has 5 nitrogen and oxygen atoms in total. The lowest BCUT2D eigenvalue weighted by molar-refractivity contribution is -0.134. The Morgan fingerprint density at radius 2 is 1.94 bits per heavy atom. The van der Waals surface area contributed by atoms with Gasteiger partial charge in [0, 0.05) is 26.1 Å². The van der Waals surface area contributed by atoms with Crippen LogP contribution in [-0.4, -0.2) is 50.5 Å². The third-order valence-corrected chi connectivity index (χ3v) is 3.86. The van der Waals surface area contributed by atoms with Crippen LogP contribution in [0.25, 0.3) is 0 Å². The van der Waals surface area contributed by atoms with Crippen LogP contribution in [-0.2, 0) is 14.3 Å². The largest absolute Gasteiger partial charge is 0.378 e. The average Bonchev–Trinajstić information content (AvgIpc) is 2.75. The van der Waals surface area contributed by atoms with Gasteiger partial charge in [0.1, 0.15) is 0 Å². The van der Waals surface area contributed by atoms with E-state index in [4.69, 9.17) is 9.47 Å². The van der Waals surface area contributed by atoms with Crippen molar-refractivity contribution in [3.63, 3.8) is 0 Å². The summed E-state index contributed by atoms with van der Waals surface area (Å²) < 4.78 is 11.0. The number of amides is 1. The molecule has 104 valence electrons. The normalized spacial score (nSPS) is 40.7. The molecule has 0 aliphatic carbocycles. The van der Waals surface area contributed by atoms with Crippen molar-refractivity contribution in [2.24, 2.45) is 5.92 Å². The van der Waals surface area contributed by atoms with E-state index in [0.717, 1.165) is 25.9 Å². The van der Waals surface area contributed by atoms with Crippen molar-refractivity contribution in [3.8, 4) is 0 Å². The van der Waals surface area contributed by atoms with Gasteiger partial charge in [-0.25, -0.2) is 0 Å². The zero-order valence-corrected chi connectivity index (χ0v) is 11.4. The molecule has 5 heteroatoms. The first-order valence-electron chi connectivity index (χ1n) is 6.79. The number of nitrogens with one attached hydrogen (secondary N) is 2. The van der Waals surface area contributed by atoms with E-state index >= 15 is 0 Å². The maximum absolute atomic E-state index is 12.3. The Balaban J connectivity index is 1.87. The minimum absolute atomic E-state index is 0.0712. The molecule has 0 aromatic rings. The predicted molar refractivity (Wildman–Crippen MR) is 68.3 cm³/mol. The second-order valence-electron chi connectivity index (χ2n) is 5.47. The van der Waals surface area contributed by atoms with Gasteiger partial charge in [0.2, 0.25) is 5.91 Å². The molecule has 0 aromatic heterocycles. The highest BCUT2D eigenvalue weighted by Crippen LogP contribution is 2.25. The van der Waals surface area contributed by atoms with Crippen LogP contribution in [0.2, 0.25) is 0 Å². The molecule has 0 bridgehead atoms. The molecular formula is C13H24N2O3. The van der Waals surface area contributed by atoms with Crippen LogP contribution in [0.1, 0.15) is 26.7 Å². The van der Waals surface area contributed by atoms with Crippen LogP contribution >= 0.6 is 0 Å². The summed E-state index contributed by atoms with van der Waals surface area (Å²) >= 11 is 0. The highest BCUT2D eigenvalue weighted by atomic mass is 16.5. The quantitative estimate of drug-likeness (QED) is 0.762. The van der Waals surface area contributed by atoms with E-state index < -0.39 is 0 Å². The lowest BCUT2D eigenvalue weighted by atomic mass is 9.91. The number of methoxy groups -OCH3 is 1. The number of hydrogen-bond acceptors (Lipinski definition) is 4. The first-order valence-corrected chi connectivity index (χ1v) is 6.79. The summed E-state index contributed by atoms with van der Waals surface area (Å²) in [4.78, 5) is 12.3. The monoisotopic (exact) mass is 256 g/mol. The van der Waals surface area contributed by atoms with E-state index in [1.54, 1.807) is 7.11 Å². The first kappa shape index (κ1) is 13.8. The molecule has 1 amide bonds. The SMILES string of the molecule is CO[C@H]1CNC[C@@H]1NC(=O)C1C[C@H](C)O[C@@H](C)C1. The molecular weight excluding hydrogens is 232 g/mol. The van der Waals surface area contributed by atoms with Crippen molar-refractivity contribution in [1.82, 2.24) is 10.6 Å². The van der Waals surface area contributed by atoms with E-state index in [9.17, 15) is 4.79 Å². The summed E-state index contributed by atoms with van der Waals surface area (Å²) in [6.07, 6.45) is 2.06. The van der Waals surface area contributed by atoms with Gasteiger partial charge in [0.25, 0.3) is 0 Å². The molecule has 18 heavy (non-hydrogen) atoms. The molecule has 4 atom stereocenters. The second kappa shape index (κ2) is 5.99. The highest BCUT2D eigenvalue weighted by molar-refractivity contribution is 5.79. The number of rotatable bonds is 3. The summed E-state index contributed by atoms with van der Waals surface area (Å²) in [5, 5.41) is 6.34. The summed E-state index contributed by atoms with van der Waals surface area (Å²) in [7, 11) is 1.69. The van der Waals surface area contributed by atoms with Crippen molar-refractivity contribution in [2.45, 2.75) is 51.0 Å². The van der Waals surface area contributed by atoms with Crippen LogP contribution in [0.4, 0.5) is 0 Å². The van der Waals surface area contributed by atoms with Gasteiger partial charge in [-0.15, -0.1) is 0 Å². The van der Waals surface area contributed by atoms with Crippen LogP contribution in [0.15, 0.2) is 0 Å². The number of carbonyl (C=O) groups is 1. The van der Waals surface area contributed by atoms with Gasteiger partial charge in [-0.05, 0) is 26.7 Å². The molecule has 2 fully saturated rings. The molecule has 0 spiro atoms. The number of ether oxygens (including phenoxy) is 2. The Labute approximate surface area is 109 Å². The fourth-order valence-electron chi connectivity index (χ4n) is 2.97. The topological polar surface area (TPSA) is 59.6 Å². The van der Waals surface area contributed by atoms with Gasteiger partial charge in [-0.1, -0.05) is 0 Å². The Morgan fingerprint density at radius 3 is 2.56 bits per heavy atom. The fourth-order valence-corrected chi connectivity index (χ4v) is 2.97. The zero-order chi connectivity index (χ0) is 13.1. The third-order valence-electron chi connectivity index (χ3n) is 3.86. The Morgan fingerprint density at radius 1 is 1.28 bits per heavy atom. The summed E-state index contributed by atoms with van der Waals surface area (Å²) in [6, 6.07) is 0.0935. The molecule has 2 aliphatic heterocycles. The Bertz CT molecular complexity index is 288. The minimum Gasteiger partial charge on any atom is -0.378 e. The molecule has 2 saturated heterocycles. The van der Waals surface area contributed by atoms with Crippen molar-refractivity contribution in [2.75, 3.05) is 20.2 Å². The van der Waals surface area contributed by atoms with Crippen LogP contribution < -0.4 is 10.6 Å². The van der Waals surface area contributed by atoms with Gasteiger partial charge >= 0.3 is 0 Å². The van der Waals surface area contributed by atoms with Gasteiger partial charge in [0.15, 0.2) is 0 Å². The predicted octanol–water partition coefficient (Wildman–Crippen LogP) is 0.293. The van der Waals surface area contributed by atoms with Crippen molar-refractivity contribution >= 4 is 5.91 Å². The Hall–Kier alpha value is -0.650. The highest BCUT2D eigenvalue weighted by Gasteiger charge is 2.33. The average molecular weight is 256 g/mol. The van der Waals surface area contributed by atoms with E-state index in [1.165, 1.54) is 0 Å². The van der Waals surface area contributed by atoms with Gasteiger partial charge in [-0.3, -0.25) is 4.79 Å². The first-order chi connectivity index (χ1) is 8.60. The molecule has 0 unspecified atom stereocenters. The summed E-state index contributed by atoms with van der Waals surface area (Å²) in [5.74, 6) is 0.217. The van der Waals surface area contributed by atoms with Crippen molar-refractivity contribution < 1.29 is 14.3 Å². The smallest absolute Gasteiger partial charge is 0.223 e. The molecule has 2 aliphatic rings. The number of hydrogen-bond donors (Lipinski definition) is 2. The van der Waals surface area contributed by atoms with Crippen molar-refractivity contribution in [3.05, 3.63) is 0 Å². The number of carbonyl (C=O) groups excluding carboxylic acids is 1. The molecule has 2 N–H and O–H groups in total. The van der Waals surface area contributed by atoms with Gasteiger partial charge < -0.3 is 20.1 Å². The van der Waals surface area contributed by atoms with Crippen molar-refractivity contribution in [1.29, 1.82) is 0 Å². The standard InChI is InChI=1S/C13H24N2O3/c1-8-4-10(5-9(2)18-8)13(16)15-11-6-14-7-12(11)17-3/h8-12,14H,4-7H2,1-3H3,(H,15,16)/t8-,9-,11-,12-/m0/s1. The lowest BCUT2D eigenvalue weighted by Gasteiger charge is -2.32. The summed E-state index contributed by atoms with van der Waals surface area (Å²) in [6.45, 7) is 5.66. The second-order valence-corrected chi connectivity index (χ2v) is 5.47. The third kappa shape index (κ3) is 3.22. The van der Waals surface area contributed by atoms with E-state index in [2.05, 4.69) is 10.6 Å². The lowest BCUT2D eigenvalue weighted by Crippen LogP contribution is -2.48. The van der Waals surface area contributed by atoms with Crippen LogP contribution in [0, 0.1) is 5.92 Å².